The van der Waals surface area contributed by atoms with Crippen molar-refractivity contribution in [1.82, 2.24) is 4.90 Å². The van der Waals surface area contributed by atoms with Crippen molar-refractivity contribution in [2.75, 3.05) is 24.5 Å². The minimum atomic E-state index is 0.808. The van der Waals surface area contributed by atoms with Gasteiger partial charge in [0, 0.05) is 43.9 Å². The Kier molecular flexibility index (Phi) is 8.23. The average Bonchev–Trinajstić information content (AvgIpc) is 3.19. The topological polar surface area (TPSA) is 31.2 Å². The molecule has 3 aromatic rings. The Morgan fingerprint density at radius 3 is 2.42 bits per heavy atom. The van der Waals surface area contributed by atoms with Crippen LogP contribution in [0, 0.1) is 5.92 Å². The van der Waals surface area contributed by atoms with Crippen molar-refractivity contribution in [1.29, 1.82) is 0 Å². The zero-order valence-electron chi connectivity index (χ0n) is 23.7. The molecule has 0 atom stereocenters. The van der Waals surface area contributed by atoms with E-state index in [9.17, 15) is 0 Å². The van der Waals surface area contributed by atoms with Crippen molar-refractivity contribution in [2.45, 2.75) is 52.0 Å². The highest BCUT2D eigenvalue weighted by molar-refractivity contribution is 6.09. The zero-order chi connectivity index (χ0) is 27.1. The van der Waals surface area contributed by atoms with E-state index in [2.05, 4.69) is 114 Å². The van der Waals surface area contributed by atoms with E-state index in [0.29, 0.717) is 0 Å². The summed E-state index contributed by atoms with van der Waals surface area (Å²) in [6.07, 6.45) is 13.8. The zero-order valence-corrected chi connectivity index (χ0v) is 23.7. The maximum Gasteiger partial charge on any atom is 0.138 e. The van der Waals surface area contributed by atoms with Crippen LogP contribution >= 0.6 is 0 Å². The fraction of sp³-hybridized carbons (Fsp3) is 0.333. The molecule has 3 aromatic carbocycles. The molecule has 0 aromatic heterocycles. The number of aliphatic imine (C=N–C) groups is 2. The molecule has 0 saturated carbocycles. The van der Waals surface area contributed by atoms with Crippen LogP contribution in [0.4, 0.5) is 11.4 Å². The quantitative estimate of drug-likeness (QED) is 0.332. The van der Waals surface area contributed by atoms with E-state index < -0.39 is 0 Å². The monoisotopic (exact) mass is 528 g/mol. The predicted octanol–water partition coefficient (Wildman–Crippen LogP) is 8.59. The number of allylic oxidation sites excluding steroid dienone is 1. The molecular formula is C36H40N4. The lowest BCUT2D eigenvalue weighted by Gasteiger charge is -2.29. The van der Waals surface area contributed by atoms with E-state index in [1.54, 1.807) is 0 Å². The van der Waals surface area contributed by atoms with Crippen LogP contribution in [-0.2, 0) is 6.54 Å². The summed E-state index contributed by atoms with van der Waals surface area (Å²) in [6, 6.07) is 28.2. The van der Waals surface area contributed by atoms with Crippen LogP contribution < -0.4 is 4.90 Å². The molecule has 3 heterocycles. The molecule has 0 bridgehead atoms. The molecule has 0 spiro atoms. The number of anilines is 1. The van der Waals surface area contributed by atoms with Gasteiger partial charge in [-0.05, 0) is 79.0 Å². The van der Waals surface area contributed by atoms with E-state index >= 15 is 0 Å². The Bertz CT molecular complexity index is 1400. The molecule has 6 rings (SSSR count). The molecule has 4 nitrogen and oxygen atoms in total. The number of hydrogen-bond acceptors (Lipinski definition) is 3. The van der Waals surface area contributed by atoms with Crippen molar-refractivity contribution < 1.29 is 0 Å². The first-order chi connectivity index (χ1) is 19.7. The van der Waals surface area contributed by atoms with Gasteiger partial charge in [0.05, 0.1) is 5.69 Å². The summed E-state index contributed by atoms with van der Waals surface area (Å²) in [6.45, 7) is 6.34. The van der Waals surface area contributed by atoms with Gasteiger partial charge < -0.3 is 9.80 Å². The number of nitrogens with zero attached hydrogens (tertiary/aromatic N) is 4. The van der Waals surface area contributed by atoms with Gasteiger partial charge in [0.15, 0.2) is 0 Å². The number of fused-ring (bicyclic) bond motifs is 1. The molecular weight excluding hydrogens is 488 g/mol. The van der Waals surface area contributed by atoms with Crippen molar-refractivity contribution in [2.24, 2.45) is 15.9 Å². The van der Waals surface area contributed by atoms with E-state index in [0.717, 1.165) is 62.3 Å². The van der Waals surface area contributed by atoms with Gasteiger partial charge >= 0.3 is 0 Å². The average molecular weight is 529 g/mol. The molecule has 3 aliphatic heterocycles. The second-order valence-corrected chi connectivity index (χ2v) is 11.4. The van der Waals surface area contributed by atoms with E-state index in [-0.39, 0.29) is 0 Å². The van der Waals surface area contributed by atoms with E-state index in [4.69, 9.17) is 9.98 Å². The van der Waals surface area contributed by atoms with Crippen molar-refractivity contribution in [3.8, 4) is 11.1 Å². The molecule has 0 aliphatic carbocycles. The Morgan fingerprint density at radius 1 is 0.875 bits per heavy atom. The van der Waals surface area contributed by atoms with Crippen LogP contribution in [-0.4, -0.2) is 36.2 Å². The van der Waals surface area contributed by atoms with Crippen molar-refractivity contribution in [3.63, 3.8) is 0 Å². The molecule has 0 radical (unpaired) electrons. The minimum absolute atomic E-state index is 0.808. The Labute approximate surface area is 239 Å². The van der Waals surface area contributed by atoms with Crippen LogP contribution in [0.1, 0.15) is 51.0 Å². The van der Waals surface area contributed by atoms with Crippen LogP contribution in [0.15, 0.2) is 113 Å². The Balaban J connectivity index is 1.22. The lowest BCUT2D eigenvalue weighted by Crippen LogP contribution is -2.34. The van der Waals surface area contributed by atoms with Gasteiger partial charge in [-0.2, -0.15) is 0 Å². The molecule has 204 valence electrons. The summed E-state index contributed by atoms with van der Waals surface area (Å²) >= 11 is 0. The third kappa shape index (κ3) is 6.28. The van der Waals surface area contributed by atoms with E-state index in [1.807, 2.05) is 0 Å². The van der Waals surface area contributed by atoms with Gasteiger partial charge in [-0.1, -0.05) is 79.7 Å². The number of benzene rings is 3. The third-order valence-electron chi connectivity index (χ3n) is 8.33. The molecule has 40 heavy (non-hydrogen) atoms. The maximum atomic E-state index is 5.18. The maximum absolute atomic E-state index is 5.18. The van der Waals surface area contributed by atoms with Gasteiger partial charge in [0.25, 0.3) is 0 Å². The third-order valence-corrected chi connectivity index (χ3v) is 8.33. The Hall–Kier alpha value is -3.92. The van der Waals surface area contributed by atoms with Gasteiger partial charge in [-0.15, -0.1) is 0 Å². The smallest absolute Gasteiger partial charge is 0.138 e. The Morgan fingerprint density at radius 2 is 1.62 bits per heavy atom. The summed E-state index contributed by atoms with van der Waals surface area (Å²) < 4.78 is 0. The van der Waals surface area contributed by atoms with Gasteiger partial charge in [0.2, 0.25) is 0 Å². The SMILES string of the molecule is CC1CCCN(c2ccc(N=C3CCC=C4C=CCN(Cc5ccccc5-c5ccccc5)C4=N3)cc2)CCC1. The minimum Gasteiger partial charge on any atom is -0.372 e. The summed E-state index contributed by atoms with van der Waals surface area (Å²) in [7, 11) is 0. The molecule has 1 saturated heterocycles. The van der Waals surface area contributed by atoms with E-state index in [1.165, 1.54) is 53.6 Å². The number of rotatable bonds is 5. The highest BCUT2D eigenvalue weighted by Gasteiger charge is 2.22. The fourth-order valence-electron chi connectivity index (χ4n) is 6.13. The second-order valence-electron chi connectivity index (χ2n) is 11.4. The first kappa shape index (κ1) is 26.3. The second kappa shape index (κ2) is 12.5. The molecule has 4 heteroatoms. The lowest BCUT2D eigenvalue weighted by molar-refractivity contribution is 0.434. The van der Waals surface area contributed by atoms with Gasteiger partial charge in [0.1, 0.15) is 11.7 Å². The van der Waals surface area contributed by atoms with Crippen LogP contribution in [0.5, 0.6) is 0 Å². The number of hydrogen-bond donors (Lipinski definition) is 0. The van der Waals surface area contributed by atoms with Gasteiger partial charge in [-0.25, -0.2) is 9.98 Å². The van der Waals surface area contributed by atoms with Crippen LogP contribution in [0.25, 0.3) is 11.1 Å². The fourth-order valence-corrected chi connectivity index (χ4v) is 6.13. The predicted molar refractivity (Wildman–Crippen MR) is 170 cm³/mol. The molecule has 3 aliphatic rings. The van der Waals surface area contributed by atoms with Gasteiger partial charge in [-0.3, -0.25) is 0 Å². The highest BCUT2D eigenvalue weighted by Crippen LogP contribution is 2.28. The first-order valence-electron chi connectivity index (χ1n) is 15.0. The highest BCUT2D eigenvalue weighted by atomic mass is 15.2. The largest absolute Gasteiger partial charge is 0.372 e. The van der Waals surface area contributed by atoms with Crippen molar-refractivity contribution >= 4 is 23.0 Å². The summed E-state index contributed by atoms with van der Waals surface area (Å²) in [5, 5.41) is 0. The lowest BCUT2D eigenvalue weighted by atomic mass is 9.97. The summed E-state index contributed by atoms with van der Waals surface area (Å²) in [5.41, 5.74) is 7.34. The molecule has 0 unspecified atom stereocenters. The first-order valence-corrected chi connectivity index (χ1v) is 15.0. The standard InChI is InChI=1S/C36H40N4/c1-28-11-8-24-39(25-9-12-28)33-22-20-32(21-23-33)37-35-19-7-16-30-17-10-26-40(36(30)38-35)27-31-15-5-6-18-34(31)29-13-3-2-4-14-29/h2-6,10,13-18,20-23,28H,7-9,11-12,19,24-27H2,1H3. The van der Waals surface area contributed by atoms with Crippen molar-refractivity contribution in [3.05, 3.63) is 108 Å². The molecule has 0 N–H and O–H groups in total. The summed E-state index contributed by atoms with van der Waals surface area (Å²) in [4.78, 5) is 15.1. The molecule has 0 amide bonds. The van der Waals surface area contributed by atoms with Crippen LogP contribution in [0.2, 0.25) is 0 Å². The summed E-state index contributed by atoms with van der Waals surface area (Å²) in [5.74, 6) is 2.81. The molecule has 1 fully saturated rings. The van der Waals surface area contributed by atoms with Crippen LogP contribution in [0.3, 0.4) is 0 Å². The normalized spacial score (nSPS) is 19.4. The number of amidine groups is 2.